The van der Waals surface area contributed by atoms with Gasteiger partial charge in [0, 0.05) is 25.0 Å². The molecule has 1 aromatic rings. The Morgan fingerprint density at radius 1 is 1.39 bits per heavy atom. The fourth-order valence-corrected chi connectivity index (χ4v) is 2.30. The molecule has 0 saturated heterocycles. The highest BCUT2D eigenvalue weighted by molar-refractivity contribution is 5.30. The lowest BCUT2D eigenvalue weighted by atomic mass is 9.93. The van der Waals surface area contributed by atoms with Gasteiger partial charge in [-0.05, 0) is 31.5 Å². The summed E-state index contributed by atoms with van der Waals surface area (Å²) in [5, 5.41) is 8.71. The van der Waals surface area contributed by atoms with Crippen molar-refractivity contribution < 1.29 is 0 Å². The van der Waals surface area contributed by atoms with Crippen LogP contribution in [-0.2, 0) is 0 Å². The van der Waals surface area contributed by atoms with E-state index in [4.69, 9.17) is 11.0 Å². The molecule has 0 saturated carbocycles. The van der Waals surface area contributed by atoms with Crippen LogP contribution in [0.25, 0.3) is 0 Å². The Morgan fingerprint density at radius 3 is 2.61 bits per heavy atom. The number of likely N-dealkylation sites (N-methyl/N-ethyl adjacent to an activating group) is 1. The molecule has 2 atom stereocenters. The van der Waals surface area contributed by atoms with E-state index in [2.05, 4.69) is 43.0 Å². The van der Waals surface area contributed by atoms with Crippen LogP contribution in [0.3, 0.4) is 0 Å². The van der Waals surface area contributed by atoms with E-state index in [0.717, 1.165) is 13.0 Å². The molecule has 0 amide bonds. The van der Waals surface area contributed by atoms with Crippen molar-refractivity contribution in [2.45, 2.75) is 38.8 Å². The maximum absolute atomic E-state index is 8.71. The molecule has 1 rings (SSSR count). The van der Waals surface area contributed by atoms with E-state index in [1.807, 2.05) is 13.1 Å². The molecular formula is C15H23N3. The first-order valence-electron chi connectivity index (χ1n) is 6.50. The second-order valence-electron chi connectivity index (χ2n) is 4.76. The third-order valence-corrected chi connectivity index (χ3v) is 3.44. The molecule has 0 aliphatic rings. The number of hydrogen-bond donors (Lipinski definition) is 1. The van der Waals surface area contributed by atoms with E-state index in [1.54, 1.807) is 0 Å². The van der Waals surface area contributed by atoms with Gasteiger partial charge in [-0.3, -0.25) is 4.90 Å². The van der Waals surface area contributed by atoms with Crippen LogP contribution in [0.15, 0.2) is 24.3 Å². The standard InChI is InChI=1S/C15H23N3/c1-4-14(17)15(18(3)11-7-10-16)13-9-6-5-8-12(13)2/h5-6,8-9,14-15H,4,7,11,17H2,1-3H3. The van der Waals surface area contributed by atoms with Crippen molar-refractivity contribution in [2.24, 2.45) is 5.73 Å². The Labute approximate surface area is 110 Å². The lowest BCUT2D eigenvalue weighted by Crippen LogP contribution is -2.39. The highest BCUT2D eigenvalue weighted by Crippen LogP contribution is 2.26. The van der Waals surface area contributed by atoms with Crippen molar-refractivity contribution in [2.75, 3.05) is 13.6 Å². The topological polar surface area (TPSA) is 53.0 Å². The van der Waals surface area contributed by atoms with Gasteiger partial charge in [-0.25, -0.2) is 0 Å². The molecule has 3 heteroatoms. The number of nitrogens with two attached hydrogens (primary N) is 1. The minimum Gasteiger partial charge on any atom is -0.326 e. The SMILES string of the molecule is CCC(N)C(c1ccccc1C)N(C)CCC#N. The van der Waals surface area contributed by atoms with Crippen LogP contribution in [0.1, 0.15) is 36.9 Å². The van der Waals surface area contributed by atoms with Gasteiger partial charge >= 0.3 is 0 Å². The Morgan fingerprint density at radius 2 is 2.06 bits per heavy atom. The molecule has 3 nitrogen and oxygen atoms in total. The van der Waals surface area contributed by atoms with Crippen LogP contribution in [0, 0.1) is 18.3 Å². The molecule has 0 spiro atoms. The fourth-order valence-electron chi connectivity index (χ4n) is 2.30. The number of rotatable bonds is 6. The number of benzene rings is 1. The summed E-state index contributed by atoms with van der Waals surface area (Å²) in [6, 6.07) is 10.8. The smallest absolute Gasteiger partial charge is 0.0635 e. The quantitative estimate of drug-likeness (QED) is 0.838. The summed E-state index contributed by atoms with van der Waals surface area (Å²) in [6.45, 7) is 4.97. The van der Waals surface area contributed by atoms with E-state index in [1.165, 1.54) is 11.1 Å². The molecule has 1 aromatic carbocycles. The summed E-state index contributed by atoms with van der Waals surface area (Å²) in [5.41, 5.74) is 8.80. The average Bonchev–Trinajstić information content (AvgIpc) is 2.38. The van der Waals surface area contributed by atoms with Crippen LogP contribution in [-0.4, -0.2) is 24.5 Å². The lowest BCUT2D eigenvalue weighted by Gasteiger charge is -2.33. The molecule has 0 radical (unpaired) electrons. The van der Waals surface area contributed by atoms with E-state index in [0.29, 0.717) is 6.42 Å². The molecule has 0 heterocycles. The van der Waals surface area contributed by atoms with Crippen LogP contribution in [0.5, 0.6) is 0 Å². The van der Waals surface area contributed by atoms with E-state index in [-0.39, 0.29) is 12.1 Å². The van der Waals surface area contributed by atoms with Crippen molar-refractivity contribution in [1.29, 1.82) is 5.26 Å². The largest absolute Gasteiger partial charge is 0.326 e. The van der Waals surface area contributed by atoms with Crippen molar-refractivity contribution in [3.05, 3.63) is 35.4 Å². The van der Waals surface area contributed by atoms with Gasteiger partial charge < -0.3 is 5.73 Å². The van der Waals surface area contributed by atoms with Gasteiger partial charge in [-0.1, -0.05) is 31.2 Å². The van der Waals surface area contributed by atoms with Crippen molar-refractivity contribution >= 4 is 0 Å². The van der Waals surface area contributed by atoms with Gasteiger partial charge in [0.15, 0.2) is 0 Å². The Balaban J connectivity index is 2.99. The lowest BCUT2D eigenvalue weighted by molar-refractivity contribution is 0.213. The maximum atomic E-state index is 8.71. The highest BCUT2D eigenvalue weighted by Gasteiger charge is 2.23. The minimum atomic E-state index is 0.0924. The second kappa shape index (κ2) is 7.15. The summed E-state index contributed by atoms with van der Waals surface area (Å²) >= 11 is 0. The molecule has 2 unspecified atom stereocenters. The third kappa shape index (κ3) is 3.56. The summed E-state index contributed by atoms with van der Waals surface area (Å²) < 4.78 is 0. The fraction of sp³-hybridized carbons (Fsp3) is 0.533. The van der Waals surface area contributed by atoms with Gasteiger partial charge in [0.05, 0.1) is 6.07 Å². The summed E-state index contributed by atoms with van der Waals surface area (Å²) in [6.07, 6.45) is 1.46. The van der Waals surface area contributed by atoms with Crippen LogP contribution in [0.2, 0.25) is 0 Å². The summed E-state index contributed by atoms with van der Waals surface area (Å²) in [5.74, 6) is 0. The van der Waals surface area contributed by atoms with Crippen molar-refractivity contribution in [1.82, 2.24) is 4.90 Å². The van der Waals surface area contributed by atoms with Crippen LogP contribution in [0.4, 0.5) is 0 Å². The van der Waals surface area contributed by atoms with E-state index >= 15 is 0 Å². The first kappa shape index (κ1) is 14.7. The molecule has 0 bridgehead atoms. The van der Waals surface area contributed by atoms with Crippen molar-refractivity contribution in [3.63, 3.8) is 0 Å². The molecule has 0 aromatic heterocycles. The average molecular weight is 245 g/mol. The molecule has 0 aliphatic carbocycles. The Hall–Kier alpha value is -1.37. The van der Waals surface area contributed by atoms with E-state index in [9.17, 15) is 0 Å². The Kier molecular flexibility index (Phi) is 5.84. The molecule has 18 heavy (non-hydrogen) atoms. The zero-order valence-corrected chi connectivity index (χ0v) is 11.6. The van der Waals surface area contributed by atoms with Crippen molar-refractivity contribution in [3.8, 4) is 6.07 Å². The number of hydrogen-bond acceptors (Lipinski definition) is 3. The molecule has 98 valence electrons. The van der Waals surface area contributed by atoms with Gasteiger partial charge in [-0.15, -0.1) is 0 Å². The monoisotopic (exact) mass is 245 g/mol. The molecular weight excluding hydrogens is 222 g/mol. The van der Waals surface area contributed by atoms with E-state index < -0.39 is 0 Å². The number of nitriles is 1. The zero-order valence-electron chi connectivity index (χ0n) is 11.6. The number of nitrogens with zero attached hydrogens (tertiary/aromatic N) is 2. The van der Waals surface area contributed by atoms with Gasteiger partial charge in [0.1, 0.15) is 0 Å². The predicted molar refractivity (Wildman–Crippen MR) is 75.0 cm³/mol. The first-order chi connectivity index (χ1) is 8.61. The van der Waals surface area contributed by atoms with Gasteiger partial charge in [-0.2, -0.15) is 5.26 Å². The highest BCUT2D eigenvalue weighted by atomic mass is 15.1. The molecule has 0 fully saturated rings. The summed E-state index contributed by atoms with van der Waals surface area (Å²) in [7, 11) is 2.05. The summed E-state index contributed by atoms with van der Waals surface area (Å²) in [4.78, 5) is 2.19. The maximum Gasteiger partial charge on any atom is 0.0635 e. The second-order valence-corrected chi connectivity index (χ2v) is 4.76. The first-order valence-corrected chi connectivity index (χ1v) is 6.50. The minimum absolute atomic E-state index is 0.0924. The Bertz CT molecular complexity index is 408. The third-order valence-electron chi connectivity index (χ3n) is 3.44. The molecule has 0 aliphatic heterocycles. The number of aryl methyl sites for hydroxylation is 1. The van der Waals surface area contributed by atoms with Crippen LogP contribution < -0.4 is 5.73 Å². The van der Waals surface area contributed by atoms with Gasteiger partial charge in [0.25, 0.3) is 0 Å². The molecule has 2 N–H and O–H groups in total. The van der Waals surface area contributed by atoms with Gasteiger partial charge in [0.2, 0.25) is 0 Å². The predicted octanol–water partition coefficient (Wildman–Crippen LogP) is 2.62. The normalized spacial score (nSPS) is 14.2. The zero-order chi connectivity index (χ0) is 13.5. The van der Waals surface area contributed by atoms with Crippen LogP contribution >= 0.6 is 0 Å².